The van der Waals surface area contributed by atoms with Gasteiger partial charge in [0, 0.05) is 6.20 Å². The van der Waals surface area contributed by atoms with Crippen molar-refractivity contribution in [2.24, 2.45) is 16.7 Å². The third-order valence-electron chi connectivity index (χ3n) is 0.665. The summed E-state index contributed by atoms with van der Waals surface area (Å²) in [6.07, 6.45) is 2.89. The Balaban J connectivity index is 0.000000291. The van der Waals surface area contributed by atoms with Crippen molar-refractivity contribution < 1.29 is 9.90 Å². The number of carboxylic acids is 1. The smallest absolute Gasteiger partial charge is 0.354 e. The number of hydrogen-bond donors (Lipinski definition) is 3. The summed E-state index contributed by atoms with van der Waals surface area (Å²) in [6, 6.07) is 0. The second-order valence-electron chi connectivity index (χ2n) is 1.14. The molecule has 5 N–H and O–H groups in total. The topological polar surface area (TPSA) is 102 Å². The zero-order chi connectivity index (χ0) is 7.28. The normalized spacial score (nSPS) is 12.4. The average molecular weight is 129 g/mol. The minimum absolute atomic E-state index is 0.139. The minimum atomic E-state index is -0.956. The van der Waals surface area contributed by atoms with Gasteiger partial charge in [0.2, 0.25) is 0 Å². The third kappa shape index (κ3) is 2.02. The Morgan fingerprint density at radius 3 is 2.11 bits per heavy atom. The molecule has 0 saturated heterocycles. The molecule has 1 heterocycles. The van der Waals surface area contributed by atoms with Crippen LogP contribution in [0.25, 0.3) is 0 Å². The van der Waals surface area contributed by atoms with Gasteiger partial charge in [-0.3, -0.25) is 11.7 Å². The van der Waals surface area contributed by atoms with Gasteiger partial charge >= 0.3 is 5.97 Å². The Morgan fingerprint density at radius 1 is 1.67 bits per heavy atom. The Labute approximate surface area is 51.6 Å². The van der Waals surface area contributed by atoms with E-state index in [0.29, 0.717) is 0 Å². The van der Waals surface area contributed by atoms with Crippen LogP contribution in [0, 0.1) is 0 Å². The van der Waals surface area contributed by atoms with E-state index in [-0.39, 0.29) is 5.71 Å². The number of nitrogens with two attached hydrogens (primary N) is 2. The van der Waals surface area contributed by atoms with Crippen LogP contribution in [-0.2, 0) is 4.79 Å². The molecule has 0 saturated carbocycles. The number of rotatable bonds is 1. The number of carbonyl (C=O) groups is 1. The van der Waals surface area contributed by atoms with E-state index in [1.165, 1.54) is 12.3 Å². The highest BCUT2D eigenvalue weighted by Crippen LogP contribution is 1.93. The van der Waals surface area contributed by atoms with Crippen molar-refractivity contribution in [3.8, 4) is 0 Å². The Morgan fingerprint density at radius 2 is 2.11 bits per heavy atom. The predicted molar refractivity (Wildman–Crippen MR) is 32.6 cm³/mol. The standard InChI is InChI=1S/C4H3NO2.H4N2/c6-4(7)3-1-2-5-3;1-2/h1-2H,(H,6,7);1-2H2. The fourth-order valence-corrected chi connectivity index (χ4v) is 0.276. The van der Waals surface area contributed by atoms with Gasteiger partial charge in [-0.1, -0.05) is 0 Å². The Kier molecular flexibility index (Phi) is 3.26. The molecule has 0 aliphatic carbocycles. The molecular formula is C4H7N3O2. The summed E-state index contributed by atoms with van der Waals surface area (Å²) in [5.41, 5.74) is 0.139. The summed E-state index contributed by atoms with van der Waals surface area (Å²) in [4.78, 5) is 13.2. The fraction of sp³-hybridized carbons (Fsp3) is 0. The molecule has 0 radical (unpaired) electrons. The minimum Gasteiger partial charge on any atom is -0.477 e. The Hall–Kier alpha value is -1.20. The molecule has 0 atom stereocenters. The Bertz CT molecular complexity index is 161. The molecule has 0 spiro atoms. The molecule has 0 fully saturated rings. The van der Waals surface area contributed by atoms with Crippen molar-refractivity contribution >= 4 is 11.7 Å². The molecule has 0 aromatic carbocycles. The summed E-state index contributed by atoms with van der Waals surface area (Å²) in [6.45, 7) is 0. The van der Waals surface area contributed by atoms with Crippen molar-refractivity contribution in [2.45, 2.75) is 0 Å². The lowest BCUT2D eigenvalue weighted by Crippen LogP contribution is -2.12. The van der Waals surface area contributed by atoms with Crippen molar-refractivity contribution in [1.82, 2.24) is 0 Å². The van der Waals surface area contributed by atoms with Gasteiger partial charge in [0.05, 0.1) is 0 Å². The summed E-state index contributed by atoms with van der Waals surface area (Å²) in [5, 5.41) is 8.05. The van der Waals surface area contributed by atoms with Crippen LogP contribution in [0.5, 0.6) is 0 Å². The molecule has 1 aliphatic heterocycles. The molecule has 1 rings (SSSR count). The number of nitrogens with zero attached hydrogens (tertiary/aromatic N) is 1. The lowest BCUT2D eigenvalue weighted by atomic mass is 10.3. The van der Waals surface area contributed by atoms with Crippen LogP contribution in [0.4, 0.5) is 0 Å². The van der Waals surface area contributed by atoms with E-state index in [9.17, 15) is 4.79 Å². The largest absolute Gasteiger partial charge is 0.477 e. The third-order valence-corrected chi connectivity index (χ3v) is 0.665. The molecule has 0 amide bonds. The maximum atomic E-state index is 9.80. The second-order valence-corrected chi connectivity index (χ2v) is 1.14. The van der Waals surface area contributed by atoms with Crippen LogP contribution in [0.2, 0.25) is 0 Å². The van der Waals surface area contributed by atoms with Crippen LogP contribution in [0.1, 0.15) is 0 Å². The number of carboxylic acid groups (broad SMARTS) is 1. The molecule has 1 aliphatic rings. The number of aliphatic carboxylic acids is 1. The van der Waals surface area contributed by atoms with Gasteiger partial charge in [-0.25, -0.2) is 9.79 Å². The fourth-order valence-electron chi connectivity index (χ4n) is 0.276. The quantitative estimate of drug-likeness (QED) is 0.307. The number of hydrogen-bond acceptors (Lipinski definition) is 4. The molecule has 0 aromatic rings. The summed E-state index contributed by atoms with van der Waals surface area (Å²) in [5.74, 6) is 7.04. The van der Waals surface area contributed by atoms with E-state index in [0.717, 1.165) is 0 Å². The summed E-state index contributed by atoms with van der Waals surface area (Å²) >= 11 is 0. The van der Waals surface area contributed by atoms with Crippen molar-refractivity contribution in [1.29, 1.82) is 0 Å². The number of hydrazine groups is 1. The maximum absolute atomic E-state index is 9.80. The lowest BCUT2D eigenvalue weighted by Gasteiger charge is -1.95. The van der Waals surface area contributed by atoms with E-state index in [2.05, 4.69) is 16.7 Å². The van der Waals surface area contributed by atoms with Crippen LogP contribution in [0.15, 0.2) is 17.3 Å². The first kappa shape index (κ1) is 7.80. The van der Waals surface area contributed by atoms with Gasteiger partial charge in [-0.15, -0.1) is 0 Å². The van der Waals surface area contributed by atoms with Crippen LogP contribution >= 0.6 is 0 Å². The molecule has 50 valence electrons. The molecular weight excluding hydrogens is 122 g/mol. The van der Waals surface area contributed by atoms with Gasteiger partial charge in [0.1, 0.15) is 5.71 Å². The van der Waals surface area contributed by atoms with E-state index in [1.54, 1.807) is 0 Å². The van der Waals surface area contributed by atoms with Crippen LogP contribution in [-0.4, -0.2) is 16.8 Å². The average Bonchev–Trinajstić information content (AvgIpc) is 1.65. The van der Waals surface area contributed by atoms with Gasteiger partial charge in [-0.05, 0) is 6.08 Å². The zero-order valence-electron chi connectivity index (χ0n) is 4.61. The van der Waals surface area contributed by atoms with E-state index in [1.807, 2.05) is 0 Å². The summed E-state index contributed by atoms with van der Waals surface area (Å²) < 4.78 is 0. The molecule has 5 nitrogen and oxygen atoms in total. The SMILES string of the molecule is NN.O=C(O)C1=NC=C1. The highest BCUT2D eigenvalue weighted by molar-refractivity contribution is 6.42. The maximum Gasteiger partial charge on any atom is 0.354 e. The van der Waals surface area contributed by atoms with Crippen molar-refractivity contribution in [3.63, 3.8) is 0 Å². The first-order valence-electron chi connectivity index (χ1n) is 2.11. The highest BCUT2D eigenvalue weighted by atomic mass is 16.4. The molecule has 0 bridgehead atoms. The zero-order valence-corrected chi connectivity index (χ0v) is 4.61. The first-order valence-corrected chi connectivity index (χ1v) is 2.11. The summed E-state index contributed by atoms with van der Waals surface area (Å²) in [7, 11) is 0. The molecule has 9 heavy (non-hydrogen) atoms. The molecule has 0 unspecified atom stereocenters. The lowest BCUT2D eigenvalue weighted by molar-refractivity contribution is -0.129. The van der Waals surface area contributed by atoms with E-state index < -0.39 is 5.97 Å². The number of aliphatic imine (C=N–C) groups is 1. The first-order chi connectivity index (χ1) is 4.30. The molecule has 5 heteroatoms. The predicted octanol–water partition coefficient (Wildman–Crippen LogP) is -1.14. The van der Waals surface area contributed by atoms with E-state index >= 15 is 0 Å². The van der Waals surface area contributed by atoms with Gasteiger partial charge < -0.3 is 5.11 Å². The van der Waals surface area contributed by atoms with Crippen molar-refractivity contribution in [3.05, 3.63) is 12.3 Å². The van der Waals surface area contributed by atoms with Gasteiger partial charge in [0.25, 0.3) is 0 Å². The molecule has 0 aromatic heterocycles. The van der Waals surface area contributed by atoms with Crippen molar-refractivity contribution in [2.75, 3.05) is 0 Å². The monoisotopic (exact) mass is 129 g/mol. The van der Waals surface area contributed by atoms with Gasteiger partial charge in [-0.2, -0.15) is 0 Å². The van der Waals surface area contributed by atoms with E-state index in [4.69, 9.17) is 5.11 Å². The van der Waals surface area contributed by atoms with Crippen LogP contribution in [0.3, 0.4) is 0 Å². The highest BCUT2D eigenvalue weighted by Gasteiger charge is 2.07. The van der Waals surface area contributed by atoms with Gasteiger partial charge in [0.15, 0.2) is 0 Å². The second kappa shape index (κ2) is 3.76. The van der Waals surface area contributed by atoms with Crippen LogP contribution < -0.4 is 11.7 Å².